The van der Waals surface area contributed by atoms with Crippen LogP contribution in [0.25, 0.3) is 5.69 Å². The van der Waals surface area contributed by atoms with E-state index in [4.69, 9.17) is 14.2 Å². The molecule has 140 valence electrons. The topological polar surface area (TPSA) is 49.7 Å². The van der Waals surface area contributed by atoms with E-state index in [1.165, 1.54) is 22.8 Å². The summed E-state index contributed by atoms with van der Waals surface area (Å²) >= 11 is 0. The van der Waals surface area contributed by atoms with Crippen LogP contribution in [0.5, 0.6) is 11.5 Å². The summed E-state index contributed by atoms with van der Waals surface area (Å²) in [5.74, 6) is 0.850. The molecule has 0 N–H and O–H groups in total. The van der Waals surface area contributed by atoms with E-state index in [0.717, 1.165) is 11.3 Å². The van der Waals surface area contributed by atoms with Crippen molar-refractivity contribution in [3.05, 3.63) is 88.6 Å². The molecule has 6 heteroatoms. The van der Waals surface area contributed by atoms with E-state index in [-0.39, 0.29) is 11.4 Å². The van der Waals surface area contributed by atoms with Gasteiger partial charge in [-0.2, -0.15) is 0 Å². The van der Waals surface area contributed by atoms with E-state index in [1.54, 1.807) is 31.5 Å². The van der Waals surface area contributed by atoms with Crippen LogP contribution >= 0.6 is 0 Å². The summed E-state index contributed by atoms with van der Waals surface area (Å²) in [4.78, 5) is 12.2. The number of methoxy groups -OCH3 is 1. The minimum absolute atomic E-state index is 0.256. The minimum Gasteiger partial charge on any atom is -0.490 e. The Morgan fingerprint density at radius 2 is 1.56 bits per heavy atom. The van der Waals surface area contributed by atoms with Crippen molar-refractivity contribution in [3.63, 3.8) is 0 Å². The second-order valence-electron chi connectivity index (χ2n) is 5.82. The van der Waals surface area contributed by atoms with Crippen molar-refractivity contribution in [3.8, 4) is 17.2 Å². The van der Waals surface area contributed by atoms with Crippen molar-refractivity contribution in [1.29, 1.82) is 0 Å². The molecular weight excluding hydrogens is 349 g/mol. The third-order valence-electron chi connectivity index (χ3n) is 3.85. The third kappa shape index (κ3) is 5.18. The number of hydrogen-bond acceptors (Lipinski definition) is 4. The number of pyridine rings is 1. The Labute approximate surface area is 156 Å². The van der Waals surface area contributed by atoms with Gasteiger partial charge in [0.05, 0.1) is 6.61 Å². The van der Waals surface area contributed by atoms with Crippen molar-refractivity contribution >= 4 is 0 Å². The first-order valence-electron chi connectivity index (χ1n) is 8.48. The van der Waals surface area contributed by atoms with Crippen LogP contribution < -0.4 is 15.0 Å². The van der Waals surface area contributed by atoms with Gasteiger partial charge in [0.1, 0.15) is 30.5 Å². The SMILES string of the molecule is COCc1ccc(OCCOc2ccn(-c3ccc(F)cc3)c(=O)c2)cc1. The average molecular weight is 369 g/mol. The first kappa shape index (κ1) is 18.7. The molecule has 0 aliphatic heterocycles. The zero-order valence-electron chi connectivity index (χ0n) is 14.9. The highest BCUT2D eigenvalue weighted by Crippen LogP contribution is 2.14. The predicted octanol–water partition coefficient (Wildman–Crippen LogP) is 3.58. The smallest absolute Gasteiger partial charge is 0.258 e. The maximum Gasteiger partial charge on any atom is 0.258 e. The molecule has 1 aromatic heterocycles. The fourth-order valence-corrected chi connectivity index (χ4v) is 2.53. The zero-order valence-corrected chi connectivity index (χ0v) is 14.9. The van der Waals surface area contributed by atoms with Gasteiger partial charge < -0.3 is 14.2 Å². The molecule has 1 heterocycles. The number of aromatic nitrogens is 1. The normalized spacial score (nSPS) is 10.6. The van der Waals surface area contributed by atoms with Crippen LogP contribution in [-0.2, 0) is 11.3 Å². The van der Waals surface area contributed by atoms with E-state index in [1.807, 2.05) is 24.3 Å². The molecule has 27 heavy (non-hydrogen) atoms. The largest absolute Gasteiger partial charge is 0.490 e. The van der Waals surface area contributed by atoms with Crippen molar-refractivity contribution in [2.75, 3.05) is 20.3 Å². The lowest BCUT2D eigenvalue weighted by Crippen LogP contribution is -2.17. The quantitative estimate of drug-likeness (QED) is 0.570. The summed E-state index contributed by atoms with van der Waals surface area (Å²) < 4.78 is 30.6. The molecule has 0 saturated carbocycles. The maximum atomic E-state index is 13.0. The van der Waals surface area contributed by atoms with E-state index in [9.17, 15) is 9.18 Å². The lowest BCUT2D eigenvalue weighted by molar-refractivity contribution is 0.184. The lowest BCUT2D eigenvalue weighted by Gasteiger charge is -2.10. The summed E-state index contributed by atoms with van der Waals surface area (Å²) in [7, 11) is 1.65. The van der Waals surface area contributed by atoms with Crippen LogP contribution in [0.15, 0.2) is 71.7 Å². The summed E-state index contributed by atoms with van der Waals surface area (Å²) in [6, 6.07) is 16.4. The molecule has 0 amide bonds. The number of hydrogen-bond donors (Lipinski definition) is 0. The lowest BCUT2D eigenvalue weighted by atomic mass is 10.2. The molecule has 3 rings (SSSR count). The van der Waals surface area contributed by atoms with Crippen LogP contribution in [0, 0.1) is 5.82 Å². The van der Waals surface area contributed by atoms with E-state index < -0.39 is 0 Å². The first-order valence-corrected chi connectivity index (χ1v) is 8.48. The van der Waals surface area contributed by atoms with E-state index >= 15 is 0 Å². The highest BCUT2D eigenvalue weighted by atomic mass is 19.1. The highest BCUT2D eigenvalue weighted by molar-refractivity contribution is 5.34. The Kier molecular flexibility index (Phi) is 6.22. The fraction of sp³-hybridized carbons (Fsp3) is 0.190. The molecule has 0 spiro atoms. The van der Waals surface area contributed by atoms with E-state index in [2.05, 4.69) is 0 Å². The molecule has 2 aromatic carbocycles. The van der Waals surface area contributed by atoms with Crippen molar-refractivity contribution < 1.29 is 18.6 Å². The van der Waals surface area contributed by atoms with Gasteiger partial charge in [-0.15, -0.1) is 0 Å². The van der Waals surface area contributed by atoms with Gasteiger partial charge in [0, 0.05) is 25.1 Å². The van der Waals surface area contributed by atoms with Crippen molar-refractivity contribution in [1.82, 2.24) is 4.57 Å². The number of nitrogens with zero attached hydrogens (tertiary/aromatic N) is 1. The monoisotopic (exact) mass is 369 g/mol. The number of benzene rings is 2. The molecule has 3 aromatic rings. The average Bonchev–Trinajstić information content (AvgIpc) is 2.68. The van der Waals surface area contributed by atoms with Crippen LogP contribution in [0.4, 0.5) is 4.39 Å². The van der Waals surface area contributed by atoms with Crippen LogP contribution in [0.1, 0.15) is 5.56 Å². The van der Waals surface area contributed by atoms with Gasteiger partial charge in [0.2, 0.25) is 0 Å². The molecule has 0 bridgehead atoms. The molecule has 0 radical (unpaired) electrons. The highest BCUT2D eigenvalue weighted by Gasteiger charge is 2.03. The Balaban J connectivity index is 1.52. The molecule has 0 atom stereocenters. The molecule has 0 fully saturated rings. The van der Waals surface area contributed by atoms with Gasteiger partial charge >= 0.3 is 0 Å². The molecule has 0 unspecified atom stereocenters. The number of halogens is 1. The third-order valence-corrected chi connectivity index (χ3v) is 3.85. The summed E-state index contributed by atoms with van der Waals surface area (Å²) in [5, 5.41) is 0. The Hall–Kier alpha value is -3.12. The summed E-state index contributed by atoms with van der Waals surface area (Å²) in [5.41, 5.74) is 1.41. The maximum absolute atomic E-state index is 13.0. The van der Waals surface area contributed by atoms with Gasteiger partial charge in [0.15, 0.2) is 0 Å². The minimum atomic E-state index is -0.347. The summed E-state index contributed by atoms with van der Waals surface area (Å²) in [6.45, 7) is 1.22. The zero-order chi connectivity index (χ0) is 19.1. The Morgan fingerprint density at radius 3 is 2.19 bits per heavy atom. The van der Waals surface area contributed by atoms with Gasteiger partial charge in [-0.05, 0) is 48.0 Å². The molecule has 0 aliphatic rings. The van der Waals surface area contributed by atoms with Crippen molar-refractivity contribution in [2.45, 2.75) is 6.61 Å². The standard InChI is InChI=1S/C21H20FNO4/c1-25-15-16-2-8-19(9-3-16)26-12-13-27-20-10-11-23(21(24)14-20)18-6-4-17(22)5-7-18/h2-11,14H,12-13,15H2,1H3. The first-order chi connectivity index (χ1) is 13.2. The van der Waals surface area contributed by atoms with E-state index in [0.29, 0.717) is 31.3 Å². The van der Waals surface area contributed by atoms with Gasteiger partial charge in [-0.1, -0.05) is 12.1 Å². The second kappa shape index (κ2) is 9.00. The van der Waals surface area contributed by atoms with Gasteiger partial charge in [0.25, 0.3) is 5.56 Å². The number of ether oxygens (including phenoxy) is 3. The van der Waals surface area contributed by atoms with Crippen LogP contribution in [0.3, 0.4) is 0 Å². The van der Waals surface area contributed by atoms with Gasteiger partial charge in [-0.25, -0.2) is 4.39 Å². The fourth-order valence-electron chi connectivity index (χ4n) is 2.53. The number of rotatable bonds is 8. The summed E-state index contributed by atoms with van der Waals surface area (Å²) in [6.07, 6.45) is 1.60. The molecule has 0 saturated heterocycles. The Morgan fingerprint density at radius 1 is 0.889 bits per heavy atom. The van der Waals surface area contributed by atoms with Crippen LogP contribution in [-0.4, -0.2) is 24.9 Å². The van der Waals surface area contributed by atoms with Gasteiger partial charge in [-0.3, -0.25) is 9.36 Å². The Bertz CT molecular complexity index is 920. The van der Waals surface area contributed by atoms with Crippen molar-refractivity contribution in [2.24, 2.45) is 0 Å². The predicted molar refractivity (Wildman–Crippen MR) is 100 cm³/mol. The molecule has 0 aliphatic carbocycles. The second-order valence-corrected chi connectivity index (χ2v) is 5.82. The molecular formula is C21H20FNO4. The molecule has 5 nitrogen and oxygen atoms in total. The van der Waals surface area contributed by atoms with Crippen LogP contribution in [0.2, 0.25) is 0 Å².